The molecule has 1 nitrogen and oxygen atoms in total. The second kappa shape index (κ2) is 4.27. The van der Waals surface area contributed by atoms with Crippen LogP contribution in [0.25, 0.3) is 0 Å². The third kappa shape index (κ3) is 3.14. The average molecular weight is 169 g/mol. The Labute approximate surface area is 76.9 Å². The van der Waals surface area contributed by atoms with E-state index in [1.54, 1.807) is 0 Å². The van der Waals surface area contributed by atoms with Crippen molar-refractivity contribution in [3.05, 3.63) is 0 Å². The zero-order chi connectivity index (χ0) is 9.14. The smallest absolute Gasteiger partial charge is 0.0101 e. The lowest BCUT2D eigenvalue weighted by molar-refractivity contribution is 0.430. The van der Waals surface area contributed by atoms with Gasteiger partial charge in [-0.25, -0.2) is 0 Å². The Kier molecular flexibility index (Phi) is 3.57. The topological polar surface area (TPSA) is 12.0 Å². The van der Waals surface area contributed by atoms with E-state index in [2.05, 4.69) is 33.0 Å². The van der Waals surface area contributed by atoms with Gasteiger partial charge in [0.15, 0.2) is 0 Å². The van der Waals surface area contributed by atoms with E-state index < -0.39 is 0 Å². The van der Waals surface area contributed by atoms with E-state index in [1.807, 2.05) is 0 Å². The van der Waals surface area contributed by atoms with Crippen LogP contribution in [0.5, 0.6) is 0 Å². The summed E-state index contributed by atoms with van der Waals surface area (Å²) >= 11 is 0. The minimum atomic E-state index is 0.714. The normalized spacial score (nSPS) is 30.8. The number of hydrogen-bond donors (Lipinski definition) is 1. The van der Waals surface area contributed by atoms with Gasteiger partial charge in [0.2, 0.25) is 0 Å². The van der Waals surface area contributed by atoms with Crippen molar-refractivity contribution in [3.8, 4) is 0 Å². The van der Waals surface area contributed by atoms with Crippen molar-refractivity contribution in [3.63, 3.8) is 0 Å². The number of hydrogen-bond acceptors (Lipinski definition) is 1. The van der Waals surface area contributed by atoms with E-state index in [0.29, 0.717) is 6.04 Å². The van der Waals surface area contributed by atoms with E-state index in [9.17, 15) is 0 Å². The highest BCUT2D eigenvalue weighted by Crippen LogP contribution is 2.33. The van der Waals surface area contributed by atoms with Crippen LogP contribution >= 0.6 is 0 Å². The Bertz CT molecular complexity index is 131. The summed E-state index contributed by atoms with van der Waals surface area (Å²) in [5.74, 6) is 1.81. The van der Waals surface area contributed by atoms with Crippen molar-refractivity contribution < 1.29 is 0 Å². The van der Waals surface area contributed by atoms with E-state index in [0.717, 1.165) is 17.9 Å². The maximum absolute atomic E-state index is 3.69. The van der Waals surface area contributed by atoms with Gasteiger partial charge in [-0.15, -0.1) is 0 Å². The van der Waals surface area contributed by atoms with E-state index >= 15 is 0 Å². The second-order valence-electron chi connectivity index (χ2n) is 4.71. The van der Waals surface area contributed by atoms with Crippen LogP contribution in [0.3, 0.4) is 0 Å². The van der Waals surface area contributed by atoms with Crippen LogP contribution in [-0.2, 0) is 0 Å². The van der Waals surface area contributed by atoms with Gasteiger partial charge in [-0.3, -0.25) is 0 Å². The first kappa shape index (κ1) is 10.0. The molecule has 72 valence electrons. The van der Waals surface area contributed by atoms with Crippen molar-refractivity contribution in [2.24, 2.45) is 11.8 Å². The molecule has 1 aliphatic rings. The highest BCUT2D eigenvalue weighted by atomic mass is 15.0. The fourth-order valence-corrected chi connectivity index (χ4v) is 2.04. The Morgan fingerprint density at radius 3 is 2.42 bits per heavy atom. The molecule has 0 aromatic rings. The van der Waals surface area contributed by atoms with Gasteiger partial charge >= 0.3 is 0 Å². The van der Waals surface area contributed by atoms with Crippen LogP contribution in [0.1, 0.15) is 47.0 Å². The molecule has 3 unspecified atom stereocenters. The minimum absolute atomic E-state index is 0.714. The number of rotatable bonds is 5. The summed E-state index contributed by atoms with van der Waals surface area (Å²) in [6.07, 6.45) is 4.08. The fraction of sp³-hybridized carbons (Fsp3) is 1.00. The van der Waals surface area contributed by atoms with E-state index in [4.69, 9.17) is 0 Å². The predicted octanol–water partition coefficient (Wildman–Crippen LogP) is 2.81. The maximum Gasteiger partial charge on any atom is 0.0101 e. The van der Waals surface area contributed by atoms with Gasteiger partial charge in [0.05, 0.1) is 0 Å². The molecule has 0 aromatic heterocycles. The fourth-order valence-electron chi connectivity index (χ4n) is 2.04. The molecule has 3 atom stereocenters. The molecule has 0 bridgehead atoms. The van der Waals surface area contributed by atoms with Crippen LogP contribution < -0.4 is 5.32 Å². The summed E-state index contributed by atoms with van der Waals surface area (Å²) in [5, 5.41) is 3.69. The molecular formula is C11H23N. The molecule has 12 heavy (non-hydrogen) atoms. The zero-order valence-corrected chi connectivity index (χ0v) is 8.93. The number of nitrogens with one attached hydrogen (secondary N) is 1. The zero-order valence-electron chi connectivity index (χ0n) is 8.93. The second-order valence-corrected chi connectivity index (χ2v) is 4.71. The van der Waals surface area contributed by atoms with Crippen molar-refractivity contribution in [1.29, 1.82) is 0 Å². The van der Waals surface area contributed by atoms with Crippen LogP contribution in [0.2, 0.25) is 0 Å². The molecule has 0 radical (unpaired) electrons. The highest BCUT2D eigenvalue weighted by Gasteiger charge is 2.35. The maximum atomic E-state index is 3.69. The van der Waals surface area contributed by atoms with Crippen molar-refractivity contribution in [2.45, 2.75) is 59.0 Å². The van der Waals surface area contributed by atoms with Gasteiger partial charge in [-0.05, 0) is 31.6 Å². The summed E-state index contributed by atoms with van der Waals surface area (Å²) in [6, 6.07) is 1.57. The third-order valence-corrected chi connectivity index (χ3v) is 2.77. The van der Waals surface area contributed by atoms with Crippen LogP contribution in [0, 0.1) is 11.8 Å². The molecule has 0 spiro atoms. The summed E-state index contributed by atoms with van der Waals surface area (Å²) in [7, 11) is 0. The highest BCUT2D eigenvalue weighted by molar-refractivity contribution is 4.93. The summed E-state index contributed by atoms with van der Waals surface area (Å²) in [6.45, 7) is 9.19. The van der Waals surface area contributed by atoms with Gasteiger partial charge < -0.3 is 5.32 Å². The van der Waals surface area contributed by atoms with E-state index in [-0.39, 0.29) is 0 Å². The van der Waals surface area contributed by atoms with Crippen LogP contribution in [-0.4, -0.2) is 12.1 Å². The molecule has 1 N–H and O–H groups in total. The molecule has 1 saturated carbocycles. The largest absolute Gasteiger partial charge is 0.311 e. The molecule has 1 aliphatic carbocycles. The van der Waals surface area contributed by atoms with Gasteiger partial charge in [-0.1, -0.05) is 27.2 Å². The predicted molar refractivity (Wildman–Crippen MR) is 54.2 cm³/mol. The van der Waals surface area contributed by atoms with Crippen LogP contribution in [0.15, 0.2) is 0 Å². The SMILES string of the molecule is CCC1CC1NC(C)CC(C)C. The lowest BCUT2D eigenvalue weighted by atomic mass is 10.1. The lowest BCUT2D eigenvalue weighted by Crippen LogP contribution is -2.30. The molecule has 1 fully saturated rings. The average Bonchev–Trinajstić information content (AvgIpc) is 2.65. The molecule has 0 saturated heterocycles. The van der Waals surface area contributed by atoms with Crippen molar-refractivity contribution in [1.82, 2.24) is 5.32 Å². The lowest BCUT2D eigenvalue weighted by Gasteiger charge is -2.15. The van der Waals surface area contributed by atoms with Gasteiger partial charge in [0.25, 0.3) is 0 Å². The summed E-state index contributed by atoms with van der Waals surface area (Å²) in [5.41, 5.74) is 0. The molecule has 1 heteroatoms. The third-order valence-electron chi connectivity index (χ3n) is 2.77. The van der Waals surface area contributed by atoms with E-state index in [1.165, 1.54) is 19.3 Å². The molecular weight excluding hydrogens is 146 g/mol. The first-order chi connectivity index (χ1) is 5.63. The molecule has 0 aliphatic heterocycles. The monoisotopic (exact) mass is 169 g/mol. The summed E-state index contributed by atoms with van der Waals surface area (Å²) < 4.78 is 0. The molecule has 0 aromatic carbocycles. The quantitative estimate of drug-likeness (QED) is 0.667. The van der Waals surface area contributed by atoms with Crippen molar-refractivity contribution >= 4 is 0 Å². The Hall–Kier alpha value is -0.0400. The molecule has 1 rings (SSSR count). The van der Waals surface area contributed by atoms with Gasteiger partial charge in [-0.2, -0.15) is 0 Å². The van der Waals surface area contributed by atoms with Crippen molar-refractivity contribution in [2.75, 3.05) is 0 Å². The molecule has 0 heterocycles. The molecule has 0 amide bonds. The Balaban J connectivity index is 2.07. The van der Waals surface area contributed by atoms with Gasteiger partial charge in [0.1, 0.15) is 0 Å². The Morgan fingerprint density at radius 1 is 1.33 bits per heavy atom. The Morgan fingerprint density at radius 2 is 2.00 bits per heavy atom. The first-order valence-corrected chi connectivity index (χ1v) is 5.39. The van der Waals surface area contributed by atoms with Crippen LogP contribution in [0.4, 0.5) is 0 Å². The summed E-state index contributed by atoms with van der Waals surface area (Å²) in [4.78, 5) is 0. The minimum Gasteiger partial charge on any atom is -0.311 e. The first-order valence-electron chi connectivity index (χ1n) is 5.39. The van der Waals surface area contributed by atoms with Gasteiger partial charge in [0, 0.05) is 12.1 Å². The standard InChI is InChI=1S/C11H23N/c1-5-10-7-11(10)12-9(4)6-8(2)3/h8-12H,5-7H2,1-4H3.